The molecule has 0 aromatic heterocycles. The molecule has 0 saturated heterocycles. The maximum atomic E-state index is 8.93. The zero-order valence-electron chi connectivity index (χ0n) is 8.51. The molecule has 0 aliphatic rings. The summed E-state index contributed by atoms with van der Waals surface area (Å²) in [5, 5.41) is 12.1. The lowest BCUT2D eigenvalue weighted by molar-refractivity contribution is 0.191. The normalized spacial score (nSPS) is 13.8. The van der Waals surface area contributed by atoms with Crippen LogP contribution in [-0.4, -0.2) is 49.8 Å². The fourth-order valence-corrected chi connectivity index (χ4v) is 0.989. The van der Waals surface area contributed by atoms with E-state index in [1.165, 1.54) is 12.8 Å². The first-order valence-electron chi connectivity index (χ1n) is 4.66. The highest BCUT2D eigenvalue weighted by atomic mass is 16.3. The molecule has 2 N–H and O–H groups in total. The standard InChI is InChI=1S/C9H22N2O/c1-9(12)8-10-6-4-5-7-11(2)3/h9-10,12H,4-8H2,1-3H3/t9-/m0/s1. The Morgan fingerprint density at radius 3 is 2.50 bits per heavy atom. The number of aliphatic hydroxyl groups excluding tert-OH is 1. The zero-order chi connectivity index (χ0) is 9.40. The van der Waals surface area contributed by atoms with Crippen LogP contribution in [0.5, 0.6) is 0 Å². The summed E-state index contributed by atoms with van der Waals surface area (Å²) in [6.45, 7) is 4.67. The van der Waals surface area contributed by atoms with Gasteiger partial charge in [-0.3, -0.25) is 0 Å². The Bertz CT molecular complexity index is 82.5. The summed E-state index contributed by atoms with van der Waals surface area (Å²) < 4.78 is 0. The maximum Gasteiger partial charge on any atom is 0.0636 e. The fraction of sp³-hybridized carbons (Fsp3) is 1.00. The average molecular weight is 174 g/mol. The molecule has 12 heavy (non-hydrogen) atoms. The molecule has 0 unspecified atom stereocenters. The van der Waals surface area contributed by atoms with Crippen LogP contribution < -0.4 is 5.32 Å². The summed E-state index contributed by atoms with van der Waals surface area (Å²) in [7, 11) is 4.17. The summed E-state index contributed by atoms with van der Waals surface area (Å²) in [5.41, 5.74) is 0. The van der Waals surface area contributed by atoms with Crippen molar-refractivity contribution < 1.29 is 5.11 Å². The summed E-state index contributed by atoms with van der Waals surface area (Å²) >= 11 is 0. The molecule has 3 nitrogen and oxygen atoms in total. The molecule has 0 radical (unpaired) electrons. The van der Waals surface area contributed by atoms with Crippen LogP contribution >= 0.6 is 0 Å². The lowest BCUT2D eigenvalue weighted by Gasteiger charge is -2.09. The van der Waals surface area contributed by atoms with Gasteiger partial charge in [0.1, 0.15) is 0 Å². The maximum absolute atomic E-state index is 8.93. The van der Waals surface area contributed by atoms with Crippen LogP contribution in [0, 0.1) is 0 Å². The van der Waals surface area contributed by atoms with Crippen molar-refractivity contribution in [2.75, 3.05) is 33.7 Å². The minimum Gasteiger partial charge on any atom is -0.392 e. The second kappa shape index (κ2) is 7.53. The number of rotatable bonds is 7. The van der Waals surface area contributed by atoms with E-state index in [0.717, 1.165) is 13.1 Å². The van der Waals surface area contributed by atoms with Gasteiger partial charge in [0.15, 0.2) is 0 Å². The van der Waals surface area contributed by atoms with E-state index in [2.05, 4.69) is 24.3 Å². The summed E-state index contributed by atoms with van der Waals surface area (Å²) in [6.07, 6.45) is 2.18. The van der Waals surface area contributed by atoms with Crippen LogP contribution in [-0.2, 0) is 0 Å². The second-order valence-electron chi connectivity index (χ2n) is 3.56. The van der Waals surface area contributed by atoms with Gasteiger partial charge in [0.25, 0.3) is 0 Å². The molecule has 0 rings (SSSR count). The van der Waals surface area contributed by atoms with Gasteiger partial charge >= 0.3 is 0 Å². The van der Waals surface area contributed by atoms with Crippen molar-refractivity contribution in [2.24, 2.45) is 0 Å². The molecule has 0 aliphatic carbocycles. The zero-order valence-corrected chi connectivity index (χ0v) is 8.51. The van der Waals surface area contributed by atoms with Gasteiger partial charge in [-0.1, -0.05) is 0 Å². The third kappa shape index (κ3) is 9.88. The van der Waals surface area contributed by atoms with Crippen molar-refractivity contribution in [1.82, 2.24) is 10.2 Å². The van der Waals surface area contributed by atoms with E-state index in [-0.39, 0.29) is 6.10 Å². The Labute approximate surface area is 75.8 Å². The monoisotopic (exact) mass is 174 g/mol. The van der Waals surface area contributed by atoms with Crippen LogP contribution in [0.2, 0.25) is 0 Å². The Morgan fingerprint density at radius 1 is 1.33 bits per heavy atom. The van der Waals surface area contributed by atoms with Crippen LogP contribution in [0.3, 0.4) is 0 Å². The topological polar surface area (TPSA) is 35.5 Å². The third-order valence-electron chi connectivity index (χ3n) is 1.65. The van der Waals surface area contributed by atoms with Gasteiger partial charge < -0.3 is 15.3 Å². The highest BCUT2D eigenvalue weighted by Gasteiger charge is 1.94. The quantitative estimate of drug-likeness (QED) is 0.545. The number of nitrogens with zero attached hydrogens (tertiary/aromatic N) is 1. The van der Waals surface area contributed by atoms with Crippen molar-refractivity contribution in [1.29, 1.82) is 0 Å². The molecule has 0 aromatic rings. The molecular formula is C9H22N2O. The smallest absolute Gasteiger partial charge is 0.0636 e. The first-order valence-corrected chi connectivity index (χ1v) is 4.66. The Kier molecular flexibility index (Phi) is 7.45. The minimum absolute atomic E-state index is 0.223. The van der Waals surface area contributed by atoms with E-state index in [9.17, 15) is 0 Å². The number of hydrogen-bond donors (Lipinski definition) is 2. The van der Waals surface area contributed by atoms with Gasteiger partial charge in [0.05, 0.1) is 6.10 Å². The fourth-order valence-electron chi connectivity index (χ4n) is 0.989. The van der Waals surface area contributed by atoms with E-state index >= 15 is 0 Å². The van der Waals surface area contributed by atoms with Gasteiger partial charge in [0.2, 0.25) is 0 Å². The molecule has 0 heterocycles. The van der Waals surface area contributed by atoms with Gasteiger partial charge in [-0.05, 0) is 47.0 Å². The first kappa shape index (κ1) is 11.9. The van der Waals surface area contributed by atoms with Crippen molar-refractivity contribution in [2.45, 2.75) is 25.9 Å². The molecule has 0 spiro atoms. The van der Waals surface area contributed by atoms with Crippen LogP contribution in [0.1, 0.15) is 19.8 Å². The molecule has 0 aliphatic heterocycles. The molecule has 1 atom stereocenters. The number of unbranched alkanes of at least 4 members (excludes halogenated alkanes) is 1. The minimum atomic E-state index is -0.223. The van der Waals surface area contributed by atoms with Crippen molar-refractivity contribution in [3.05, 3.63) is 0 Å². The summed E-state index contributed by atoms with van der Waals surface area (Å²) in [6, 6.07) is 0. The number of nitrogens with one attached hydrogen (secondary N) is 1. The lowest BCUT2D eigenvalue weighted by atomic mass is 10.3. The van der Waals surface area contributed by atoms with E-state index < -0.39 is 0 Å². The van der Waals surface area contributed by atoms with Gasteiger partial charge in [-0.2, -0.15) is 0 Å². The highest BCUT2D eigenvalue weighted by molar-refractivity contribution is 4.53. The SMILES string of the molecule is C[C@H](O)CNCCCCN(C)C. The molecule has 3 heteroatoms. The van der Waals surface area contributed by atoms with Gasteiger partial charge in [0, 0.05) is 6.54 Å². The van der Waals surface area contributed by atoms with Gasteiger partial charge in [-0.15, -0.1) is 0 Å². The summed E-state index contributed by atoms with van der Waals surface area (Å²) in [4.78, 5) is 2.19. The van der Waals surface area contributed by atoms with E-state index in [4.69, 9.17) is 5.11 Å². The number of hydrogen-bond acceptors (Lipinski definition) is 3. The summed E-state index contributed by atoms with van der Waals surface area (Å²) in [5.74, 6) is 0. The van der Waals surface area contributed by atoms with Gasteiger partial charge in [-0.25, -0.2) is 0 Å². The average Bonchev–Trinajstić information content (AvgIpc) is 1.95. The van der Waals surface area contributed by atoms with E-state index in [1.54, 1.807) is 6.92 Å². The molecular weight excluding hydrogens is 152 g/mol. The van der Waals surface area contributed by atoms with E-state index in [1.807, 2.05) is 0 Å². The molecule has 74 valence electrons. The number of aliphatic hydroxyl groups is 1. The predicted octanol–water partition coefficient (Wildman–Crippen LogP) is 0.299. The van der Waals surface area contributed by atoms with Crippen LogP contribution in [0.25, 0.3) is 0 Å². The van der Waals surface area contributed by atoms with Crippen molar-refractivity contribution in [3.8, 4) is 0 Å². The van der Waals surface area contributed by atoms with E-state index in [0.29, 0.717) is 6.54 Å². The molecule has 0 fully saturated rings. The Hall–Kier alpha value is -0.120. The molecule has 0 amide bonds. The van der Waals surface area contributed by atoms with Crippen molar-refractivity contribution in [3.63, 3.8) is 0 Å². The van der Waals surface area contributed by atoms with Crippen molar-refractivity contribution >= 4 is 0 Å². The molecule has 0 saturated carbocycles. The van der Waals surface area contributed by atoms with Crippen LogP contribution in [0.15, 0.2) is 0 Å². The highest BCUT2D eigenvalue weighted by Crippen LogP contribution is 1.88. The Morgan fingerprint density at radius 2 is 2.00 bits per heavy atom. The second-order valence-corrected chi connectivity index (χ2v) is 3.56. The Balaban J connectivity index is 2.91. The predicted molar refractivity (Wildman–Crippen MR) is 52.3 cm³/mol. The first-order chi connectivity index (χ1) is 5.63. The molecule has 0 aromatic carbocycles. The van der Waals surface area contributed by atoms with Crippen LogP contribution in [0.4, 0.5) is 0 Å². The molecule has 0 bridgehead atoms. The lowest BCUT2D eigenvalue weighted by Crippen LogP contribution is -2.25. The largest absolute Gasteiger partial charge is 0.392 e. The third-order valence-corrected chi connectivity index (χ3v) is 1.65.